The minimum atomic E-state index is -0.559. The largest absolute Gasteiger partial charge is 0.507 e. The summed E-state index contributed by atoms with van der Waals surface area (Å²) in [5.41, 5.74) is 2.91. The zero-order valence-electron chi connectivity index (χ0n) is 14.7. The van der Waals surface area contributed by atoms with E-state index in [0.717, 1.165) is 16.6 Å². The summed E-state index contributed by atoms with van der Waals surface area (Å²) in [5, 5.41) is 19.6. The number of carbonyl (C=O) groups is 1. The number of ether oxygens (including phenoxy) is 1. The van der Waals surface area contributed by atoms with E-state index in [1.165, 1.54) is 0 Å². The van der Waals surface area contributed by atoms with E-state index < -0.39 is 12.6 Å². The molecule has 2 aromatic heterocycles. The summed E-state index contributed by atoms with van der Waals surface area (Å²) in [6, 6.07) is 16.6. The van der Waals surface area contributed by atoms with Gasteiger partial charge in [-0.25, -0.2) is 9.97 Å². The van der Waals surface area contributed by atoms with Crippen molar-refractivity contribution >= 4 is 33.6 Å². The topological polar surface area (TPSA) is 117 Å². The standard InChI is InChI=1S/C20H15N5O3/c21-9-13(20-23-14-5-1-2-6-15(14)24-20)18(26)11-28-19(27)10-25-12-22-16-7-3-4-8-17(16)25/h1-8,12,26H,10-11H2,(H,23,24)/b18-13-. The minimum absolute atomic E-state index is 0.0552. The van der Waals surface area contributed by atoms with E-state index in [1.54, 1.807) is 17.0 Å². The van der Waals surface area contributed by atoms with E-state index >= 15 is 0 Å². The molecule has 0 aliphatic heterocycles. The van der Waals surface area contributed by atoms with E-state index in [9.17, 15) is 15.2 Å². The number of carbonyl (C=O) groups excluding carboxylic acids is 1. The molecule has 8 nitrogen and oxygen atoms in total. The molecule has 8 heteroatoms. The SMILES string of the molecule is N#C/C(=C(/O)COC(=O)Cn1cnc2ccccc21)c1nc2ccccc2[nH]1. The lowest BCUT2D eigenvalue weighted by Gasteiger charge is -2.07. The molecule has 2 aromatic carbocycles. The van der Waals surface area contributed by atoms with E-state index in [0.29, 0.717) is 5.52 Å². The van der Waals surface area contributed by atoms with E-state index in [1.807, 2.05) is 48.5 Å². The zero-order chi connectivity index (χ0) is 19.5. The lowest BCUT2D eigenvalue weighted by Crippen LogP contribution is -2.15. The minimum Gasteiger partial charge on any atom is -0.507 e. The molecular weight excluding hydrogens is 358 g/mol. The summed E-state index contributed by atoms with van der Waals surface area (Å²) in [6.07, 6.45) is 1.55. The molecule has 0 saturated carbocycles. The van der Waals surface area contributed by atoms with Crippen molar-refractivity contribution < 1.29 is 14.6 Å². The van der Waals surface area contributed by atoms with E-state index in [4.69, 9.17) is 4.74 Å². The number of esters is 1. The average Bonchev–Trinajstić information content (AvgIpc) is 3.31. The number of rotatable bonds is 5. The maximum atomic E-state index is 12.1. The van der Waals surface area contributed by atoms with Crippen LogP contribution in [0.2, 0.25) is 0 Å². The lowest BCUT2D eigenvalue weighted by molar-refractivity contribution is -0.144. The second-order valence-corrected chi connectivity index (χ2v) is 6.06. The van der Waals surface area contributed by atoms with Crippen molar-refractivity contribution in [2.75, 3.05) is 6.61 Å². The summed E-state index contributed by atoms with van der Waals surface area (Å²) >= 11 is 0. The van der Waals surface area contributed by atoms with Crippen LogP contribution in [-0.4, -0.2) is 37.2 Å². The van der Waals surface area contributed by atoms with E-state index in [2.05, 4.69) is 15.0 Å². The number of benzene rings is 2. The fourth-order valence-electron chi connectivity index (χ4n) is 2.87. The van der Waals surface area contributed by atoms with Crippen LogP contribution in [0.3, 0.4) is 0 Å². The molecule has 2 heterocycles. The average molecular weight is 373 g/mol. The van der Waals surface area contributed by atoms with Crippen molar-refractivity contribution in [2.24, 2.45) is 0 Å². The first-order valence-electron chi connectivity index (χ1n) is 8.48. The van der Waals surface area contributed by atoms with Gasteiger partial charge in [0.1, 0.15) is 24.8 Å². The van der Waals surface area contributed by atoms with E-state index in [-0.39, 0.29) is 23.7 Å². The number of fused-ring (bicyclic) bond motifs is 2. The number of hydrogen-bond acceptors (Lipinski definition) is 6. The van der Waals surface area contributed by atoms with Gasteiger partial charge >= 0.3 is 5.97 Å². The van der Waals surface area contributed by atoms with Gasteiger partial charge < -0.3 is 19.4 Å². The Bertz CT molecular complexity index is 1210. The van der Waals surface area contributed by atoms with Crippen molar-refractivity contribution in [3.05, 3.63) is 66.4 Å². The second-order valence-electron chi connectivity index (χ2n) is 6.06. The van der Waals surface area contributed by atoms with Gasteiger partial charge in [0.05, 0.1) is 28.4 Å². The molecule has 0 saturated heterocycles. The number of H-pyrrole nitrogens is 1. The Morgan fingerprint density at radius 2 is 1.93 bits per heavy atom. The smallest absolute Gasteiger partial charge is 0.326 e. The quantitative estimate of drug-likeness (QED) is 0.316. The highest BCUT2D eigenvalue weighted by Gasteiger charge is 2.15. The third-order valence-corrected chi connectivity index (χ3v) is 4.22. The monoisotopic (exact) mass is 373 g/mol. The predicted octanol–water partition coefficient (Wildman–Crippen LogP) is 2.95. The van der Waals surface area contributed by atoms with Gasteiger partial charge in [0.25, 0.3) is 0 Å². The predicted molar refractivity (Wildman–Crippen MR) is 102 cm³/mol. The van der Waals surface area contributed by atoms with Crippen molar-refractivity contribution in [3.8, 4) is 6.07 Å². The molecule has 138 valence electrons. The number of nitrogens with one attached hydrogen (secondary N) is 1. The molecule has 0 radical (unpaired) electrons. The van der Waals surface area contributed by atoms with Crippen LogP contribution in [0.1, 0.15) is 5.82 Å². The molecule has 0 aliphatic carbocycles. The van der Waals surface area contributed by atoms with Gasteiger partial charge in [-0.05, 0) is 24.3 Å². The van der Waals surface area contributed by atoms with Crippen LogP contribution in [0.25, 0.3) is 27.6 Å². The summed E-state index contributed by atoms with van der Waals surface area (Å²) in [7, 11) is 0. The number of imidazole rings is 2. The Balaban J connectivity index is 1.48. The number of aromatic nitrogens is 4. The van der Waals surface area contributed by atoms with Crippen molar-refractivity contribution in [2.45, 2.75) is 6.54 Å². The number of aliphatic hydroxyl groups is 1. The molecule has 0 atom stereocenters. The molecule has 0 spiro atoms. The normalized spacial score (nSPS) is 12.0. The second kappa shape index (κ2) is 7.25. The Hall–Kier alpha value is -4.12. The van der Waals surface area contributed by atoms with Gasteiger partial charge in [-0.3, -0.25) is 4.79 Å². The fraction of sp³-hybridized carbons (Fsp3) is 0.100. The van der Waals surface area contributed by atoms with Crippen molar-refractivity contribution in [3.63, 3.8) is 0 Å². The van der Waals surface area contributed by atoms with Gasteiger partial charge in [0, 0.05) is 0 Å². The highest BCUT2D eigenvalue weighted by molar-refractivity contribution is 5.83. The highest BCUT2D eigenvalue weighted by atomic mass is 16.5. The Kier molecular flexibility index (Phi) is 4.48. The zero-order valence-corrected chi connectivity index (χ0v) is 14.7. The molecule has 0 fully saturated rings. The highest BCUT2D eigenvalue weighted by Crippen LogP contribution is 2.19. The number of hydrogen-bond donors (Lipinski definition) is 2. The summed E-state index contributed by atoms with van der Waals surface area (Å²) in [5.74, 6) is -0.708. The summed E-state index contributed by atoms with van der Waals surface area (Å²) in [4.78, 5) is 23.6. The van der Waals surface area contributed by atoms with Crippen LogP contribution in [-0.2, 0) is 16.1 Å². The Morgan fingerprint density at radius 3 is 2.71 bits per heavy atom. The van der Waals surface area contributed by atoms with Gasteiger partial charge in [0.15, 0.2) is 11.6 Å². The molecule has 4 rings (SSSR count). The number of para-hydroxylation sites is 4. The van der Waals surface area contributed by atoms with Crippen LogP contribution in [0.15, 0.2) is 60.6 Å². The number of nitriles is 1. The van der Waals surface area contributed by atoms with Crippen LogP contribution in [0.5, 0.6) is 0 Å². The Labute approximate surface area is 159 Å². The first kappa shape index (κ1) is 17.3. The third kappa shape index (κ3) is 3.29. The molecule has 4 aromatic rings. The fourth-order valence-corrected chi connectivity index (χ4v) is 2.87. The van der Waals surface area contributed by atoms with Gasteiger partial charge in [-0.2, -0.15) is 5.26 Å². The van der Waals surface area contributed by atoms with Gasteiger partial charge in [-0.1, -0.05) is 24.3 Å². The lowest BCUT2D eigenvalue weighted by atomic mass is 10.2. The third-order valence-electron chi connectivity index (χ3n) is 4.22. The molecule has 0 bridgehead atoms. The first-order chi connectivity index (χ1) is 13.7. The first-order valence-corrected chi connectivity index (χ1v) is 8.48. The summed E-state index contributed by atoms with van der Waals surface area (Å²) in [6.45, 7) is -0.480. The van der Waals surface area contributed by atoms with Crippen LogP contribution < -0.4 is 0 Å². The summed E-state index contributed by atoms with van der Waals surface area (Å²) < 4.78 is 6.77. The number of aliphatic hydroxyl groups excluding tert-OH is 1. The molecule has 28 heavy (non-hydrogen) atoms. The molecule has 0 amide bonds. The van der Waals surface area contributed by atoms with Crippen LogP contribution >= 0.6 is 0 Å². The maximum Gasteiger partial charge on any atom is 0.326 e. The van der Waals surface area contributed by atoms with Crippen molar-refractivity contribution in [1.82, 2.24) is 19.5 Å². The van der Waals surface area contributed by atoms with Crippen LogP contribution in [0, 0.1) is 11.3 Å². The van der Waals surface area contributed by atoms with Gasteiger partial charge in [-0.15, -0.1) is 0 Å². The maximum absolute atomic E-state index is 12.1. The van der Waals surface area contributed by atoms with Crippen molar-refractivity contribution in [1.29, 1.82) is 5.26 Å². The number of nitrogens with zero attached hydrogens (tertiary/aromatic N) is 4. The molecule has 2 N–H and O–H groups in total. The number of allylic oxidation sites excluding steroid dienone is 1. The number of aromatic amines is 1. The molecule has 0 aliphatic rings. The van der Waals surface area contributed by atoms with Crippen LogP contribution in [0.4, 0.5) is 0 Å². The molecule has 0 unspecified atom stereocenters. The van der Waals surface area contributed by atoms with Gasteiger partial charge in [0.2, 0.25) is 0 Å². The Morgan fingerprint density at radius 1 is 1.18 bits per heavy atom. The molecular formula is C20H15N5O3.